The van der Waals surface area contributed by atoms with Crippen LogP contribution < -0.4 is 5.32 Å². The fourth-order valence-corrected chi connectivity index (χ4v) is 2.48. The van der Waals surface area contributed by atoms with Gasteiger partial charge in [-0.2, -0.15) is 0 Å². The Morgan fingerprint density at radius 3 is 2.62 bits per heavy atom. The van der Waals surface area contributed by atoms with Crippen molar-refractivity contribution < 1.29 is 0 Å². The number of hydrogen-bond acceptors (Lipinski definition) is 2. The molecule has 2 heterocycles. The van der Waals surface area contributed by atoms with Gasteiger partial charge in [0.2, 0.25) is 0 Å². The molecule has 2 fully saturated rings. The van der Waals surface area contributed by atoms with Gasteiger partial charge in [-0.1, -0.05) is 0 Å². The zero-order chi connectivity index (χ0) is 7.90. The van der Waals surface area contributed by atoms with Gasteiger partial charge in [0.25, 0.3) is 0 Å². The van der Waals surface area contributed by atoms with E-state index in [9.17, 15) is 0 Å². The van der Waals surface area contributed by atoms with Gasteiger partial charge in [0.15, 0.2) is 0 Å². The van der Waals surface area contributed by atoms with Crippen LogP contribution in [-0.4, -0.2) is 36.1 Å². The third-order valence-corrected chi connectivity index (χ3v) is 3.22. The Hall–Kier alpha value is 0.500. The first-order valence-electron chi connectivity index (χ1n) is 4.68. The molecule has 2 saturated heterocycles. The second kappa shape index (κ2) is 4.83. The summed E-state index contributed by atoms with van der Waals surface area (Å²) in [5.74, 6) is 0. The number of hydrogen-bond donors (Lipinski definition) is 1. The molecule has 2 aliphatic heterocycles. The van der Waals surface area contributed by atoms with E-state index in [1.165, 1.54) is 32.5 Å². The first-order chi connectivity index (χ1) is 5.20. The molecule has 0 amide bonds. The molecule has 1 N–H and O–H groups in total. The molecule has 0 spiro atoms. The van der Waals surface area contributed by atoms with E-state index in [1.807, 2.05) is 0 Å². The van der Waals surface area contributed by atoms with Crippen molar-refractivity contribution in [3.8, 4) is 0 Å². The van der Waals surface area contributed by atoms with Crippen molar-refractivity contribution in [2.24, 2.45) is 0 Å². The zero-order valence-electron chi connectivity index (χ0n) is 8.38. The summed E-state index contributed by atoms with van der Waals surface area (Å²) in [5, 5.41) is 3.45. The third-order valence-electron chi connectivity index (χ3n) is 3.22. The molecular formula is C9H20Cl2N2. The standard InChI is InChI=1S/C9H18N2.2ClH/c1-9(2)4-3-8-7-10-5-6-11(8)9;;/h8,10H,3-7H2,1-2H3;2*1H/t8-;;/m0../s1. The van der Waals surface area contributed by atoms with E-state index < -0.39 is 0 Å². The Morgan fingerprint density at radius 1 is 1.31 bits per heavy atom. The first-order valence-corrected chi connectivity index (χ1v) is 4.68. The average Bonchev–Trinajstić information content (AvgIpc) is 2.29. The molecule has 0 radical (unpaired) electrons. The predicted octanol–water partition coefficient (Wildman–Crippen LogP) is 1.68. The van der Waals surface area contributed by atoms with Crippen LogP contribution in [-0.2, 0) is 0 Å². The summed E-state index contributed by atoms with van der Waals surface area (Å²) in [5.41, 5.74) is 0.479. The molecule has 2 nitrogen and oxygen atoms in total. The molecule has 0 aromatic heterocycles. The van der Waals surface area contributed by atoms with Gasteiger partial charge in [-0.3, -0.25) is 4.90 Å². The highest BCUT2D eigenvalue weighted by molar-refractivity contribution is 5.85. The second-order valence-electron chi connectivity index (χ2n) is 4.40. The third kappa shape index (κ3) is 2.50. The van der Waals surface area contributed by atoms with Crippen molar-refractivity contribution in [3.05, 3.63) is 0 Å². The zero-order valence-corrected chi connectivity index (χ0v) is 10.0. The van der Waals surface area contributed by atoms with Crippen molar-refractivity contribution in [1.29, 1.82) is 0 Å². The fourth-order valence-electron chi connectivity index (χ4n) is 2.48. The van der Waals surface area contributed by atoms with Crippen LogP contribution in [0.3, 0.4) is 0 Å². The maximum atomic E-state index is 3.45. The molecule has 0 aromatic rings. The van der Waals surface area contributed by atoms with Gasteiger partial charge in [-0.15, -0.1) is 24.8 Å². The summed E-state index contributed by atoms with van der Waals surface area (Å²) in [6, 6.07) is 0.832. The first kappa shape index (κ1) is 13.5. The van der Waals surface area contributed by atoms with Crippen molar-refractivity contribution in [3.63, 3.8) is 0 Å². The van der Waals surface area contributed by atoms with Gasteiger partial charge in [-0.25, -0.2) is 0 Å². The van der Waals surface area contributed by atoms with E-state index in [1.54, 1.807) is 0 Å². The van der Waals surface area contributed by atoms with Gasteiger partial charge in [0.1, 0.15) is 0 Å². The minimum Gasteiger partial charge on any atom is -0.314 e. The van der Waals surface area contributed by atoms with Crippen molar-refractivity contribution >= 4 is 24.8 Å². The second-order valence-corrected chi connectivity index (χ2v) is 4.40. The predicted molar refractivity (Wildman–Crippen MR) is 61.2 cm³/mol. The number of rotatable bonds is 0. The van der Waals surface area contributed by atoms with Gasteiger partial charge in [-0.05, 0) is 26.7 Å². The highest BCUT2D eigenvalue weighted by Gasteiger charge is 2.39. The molecular weight excluding hydrogens is 207 g/mol. The lowest BCUT2D eigenvalue weighted by molar-refractivity contribution is 0.107. The lowest BCUT2D eigenvalue weighted by Gasteiger charge is -2.39. The summed E-state index contributed by atoms with van der Waals surface area (Å²) in [6.07, 6.45) is 2.76. The maximum absolute atomic E-state index is 3.45. The number of nitrogens with zero attached hydrogens (tertiary/aromatic N) is 1. The van der Waals surface area contributed by atoms with Gasteiger partial charge in [0.05, 0.1) is 0 Å². The molecule has 0 saturated carbocycles. The topological polar surface area (TPSA) is 15.3 Å². The van der Waals surface area contributed by atoms with Crippen LogP contribution in [0.5, 0.6) is 0 Å². The molecule has 0 unspecified atom stereocenters. The van der Waals surface area contributed by atoms with Crippen molar-refractivity contribution in [2.45, 2.75) is 38.3 Å². The van der Waals surface area contributed by atoms with Gasteiger partial charge < -0.3 is 5.32 Å². The van der Waals surface area contributed by atoms with Crippen LogP contribution in [0.2, 0.25) is 0 Å². The summed E-state index contributed by atoms with van der Waals surface area (Å²) in [4.78, 5) is 2.67. The summed E-state index contributed by atoms with van der Waals surface area (Å²) < 4.78 is 0. The Balaban J connectivity index is 0.000000720. The monoisotopic (exact) mass is 226 g/mol. The Morgan fingerprint density at radius 2 is 2.00 bits per heavy atom. The molecule has 0 aromatic carbocycles. The van der Waals surface area contributed by atoms with E-state index in [2.05, 4.69) is 24.1 Å². The van der Waals surface area contributed by atoms with Crippen LogP contribution in [0, 0.1) is 0 Å². The van der Waals surface area contributed by atoms with Crippen LogP contribution in [0.25, 0.3) is 0 Å². The van der Waals surface area contributed by atoms with Crippen molar-refractivity contribution in [1.82, 2.24) is 10.2 Å². The van der Waals surface area contributed by atoms with Crippen LogP contribution in [0.4, 0.5) is 0 Å². The van der Waals surface area contributed by atoms with Gasteiger partial charge in [0, 0.05) is 31.2 Å². The molecule has 80 valence electrons. The lowest BCUT2D eigenvalue weighted by atomic mass is 10.0. The molecule has 1 atom stereocenters. The normalized spacial score (nSPS) is 31.4. The number of halogens is 2. The molecule has 4 heteroatoms. The fraction of sp³-hybridized carbons (Fsp3) is 1.00. The van der Waals surface area contributed by atoms with E-state index in [0.29, 0.717) is 5.54 Å². The smallest absolute Gasteiger partial charge is 0.0227 e. The van der Waals surface area contributed by atoms with E-state index in [0.717, 1.165) is 6.04 Å². The highest BCUT2D eigenvalue weighted by atomic mass is 35.5. The average molecular weight is 227 g/mol. The Labute approximate surface area is 93.3 Å². The summed E-state index contributed by atoms with van der Waals surface area (Å²) in [6.45, 7) is 8.39. The minimum atomic E-state index is 0. The SMILES string of the molecule is CC1(C)CC[C@H]2CNCCN21.Cl.Cl. The minimum absolute atomic E-state index is 0. The molecule has 0 aliphatic carbocycles. The summed E-state index contributed by atoms with van der Waals surface area (Å²) in [7, 11) is 0. The molecule has 2 aliphatic rings. The van der Waals surface area contributed by atoms with Gasteiger partial charge >= 0.3 is 0 Å². The molecule has 0 bridgehead atoms. The number of fused-ring (bicyclic) bond motifs is 1. The number of nitrogens with one attached hydrogen (secondary N) is 1. The van der Waals surface area contributed by atoms with Crippen molar-refractivity contribution in [2.75, 3.05) is 19.6 Å². The largest absolute Gasteiger partial charge is 0.314 e. The lowest BCUT2D eigenvalue weighted by Crippen LogP contribution is -2.53. The molecule has 2 rings (SSSR count). The van der Waals surface area contributed by atoms with Crippen LogP contribution >= 0.6 is 24.8 Å². The highest BCUT2D eigenvalue weighted by Crippen LogP contribution is 2.33. The summed E-state index contributed by atoms with van der Waals surface area (Å²) >= 11 is 0. The van der Waals surface area contributed by atoms with Crippen LogP contribution in [0.1, 0.15) is 26.7 Å². The van der Waals surface area contributed by atoms with E-state index in [4.69, 9.17) is 0 Å². The number of piperazine rings is 1. The Kier molecular flexibility index (Phi) is 5.02. The van der Waals surface area contributed by atoms with Crippen LogP contribution in [0.15, 0.2) is 0 Å². The molecule has 13 heavy (non-hydrogen) atoms. The maximum Gasteiger partial charge on any atom is 0.0227 e. The quantitative estimate of drug-likeness (QED) is 0.677. The van der Waals surface area contributed by atoms with E-state index in [-0.39, 0.29) is 24.8 Å². The van der Waals surface area contributed by atoms with E-state index >= 15 is 0 Å². The Bertz CT molecular complexity index is 162.